The molecule has 1 aliphatic rings. The number of carbonyl (C=O) groups is 3. The van der Waals surface area contributed by atoms with Gasteiger partial charge < -0.3 is 19.2 Å². The number of benzene rings is 2. The van der Waals surface area contributed by atoms with E-state index in [0.29, 0.717) is 0 Å². The van der Waals surface area contributed by atoms with Crippen LogP contribution in [0.2, 0.25) is 0 Å². The minimum atomic E-state index is -1.01. The lowest BCUT2D eigenvalue weighted by atomic mass is 9.98. The fourth-order valence-corrected chi connectivity index (χ4v) is 3.86. The Morgan fingerprint density at radius 3 is 2.28 bits per heavy atom. The summed E-state index contributed by atoms with van der Waals surface area (Å²) in [6.45, 7) is 0.152. The average molecular weight is 434 g/mol. The molecule has 3 aromatic rings. The van der Waals surface area contributed by atoms with E-state index in [4.69, 9.17) is 14.3 Å². The number of ether oxygens (including phenoxy) is 1. The van der Waals surface area contributed by atoms with E-state index < -0.39 is 18.0 Å². The molecule has 2 amide bonds. The van der Waals surface area contributed by atoms with Gasteiger partial charge in [-0.05, 0) is 22.3 Å². The van der Waals surface area contributed by atoms with E-state index in [1.54, 1.807) is 0 Å². The first-order valence-electron chi connectivity index (χ1n) is 10.1. The average Bonchev–Trinajstić information content (AvgIpc) is 3.38. The van der Waals surface area contributed by atoms with E-state index in [2.05, 4.69) is 17.4 Å². The molecule has 32 heavy (non-hydrogen) atoms. The first kappa shape index (κ1) is 21.2. The lowest BCUT2D eigenvalue weighted by molar-refractivity contribution is -0.137. The predicted octanol–water partition coefficient (Wildman–Crippen LogP) is 4.19. The number of carbonyl (C=O) groups excluding carboxylic acids is 2. The molecule has 0 saturated heterocycles. The van der Waals surface area contributed by atoms with E-state index in [9.17, 15) is 14.4 Å². The number of anilines is 1. The number of aliphatic carboxylic acids is 1. The van der Waals surface area contributed by atoms with Crippen LogP contribution in [0.5, 0.6) is 0 Å². The van der Waals surface area contributed by atoms with Crippen LogP contribution in [0.4, 0.5) is 10.5 Å². The van der Waals surface area contributed by atoms with Gasteiger partial charge in [0, 0.05) is 25.6 Å². The second-order valence-electron chi connectivity index (χ2n) is 7.48. The predicted molar refractivity (Wildman–Crippen MR) is 117 cm³/mol. The van der Waals surface area contributed by atoms with Crippen LogP contribution >= 0.6 is 0 Å². The number of nitrogens with one attached hydrogen (secondary N) is 1. The summed E-state index contributed by atoms with van der Waals surface area (Å²) >= 11 is 0. The fourth-order valence-electron chi connectivity index (χ4n) is 3.86. The first-order valence-corrected chi connectivity index (χ1v) is 10.1. The SMILES string of the molecule is CN(CCC(=O)O)C(=O)c1occc1NC(=O)OCC1c2ccccc2-c2ccccc21. The van der Waals surface area contributed by atoms with Gasteiger partial charge in [-0.1, -0.05) is 48.5 Å². The van der Waals surface area contributed by atoms with Crippen LogP contribution in [0.1, 0.15) is 34.0 Å². The minimum Gasteiger partial charge on any atom is -0.481 e. The largest absolute Gasteiger partial charge is 0.481 e. The van der Waals surface area contributed by atoms with E-state index >= 15 is 0 Å². The first-order chi connectivity index (χ1) is 15.5. The summed E-state index contributed by atoms with van der Waals surface area (Å²) in [5, 5.41) is 11.3. The third-order valence-electron chi connectivity index (χ3n) is 5.45. The van der Waals surface area contributed by atoms with E-state index in [-0.39, 0.29) is 36.9 Å². The summed E-state index contributed by atoms with van der Waals surface area (Å²) in [5.74, 6) is -1.72. The molecule has 2 N–H and O–H groups in total. The molecule has 0 atom stereocenters. The van der Waals surface area contributed by atoms with E-state index in [0.717, 1.165) is 22.3 Å². The number of amides is 2. The summed E-state index contributed by atoms with van der Waals surface area (Å²) in [6, 6.07) is 17.5. The third-order valence-corrected chi connectivity index (χ3v) is 5.45. The summed E-state index contributed by atoms with van der Waals surface area (Å²) < 4.78 is 10.7. The van der Waals surface area contributed by atoms with Crippen molar-refractivity contribution >= 4 is 23.7 Å². The Morgan fingerprint density at radius 1 is 1.03 bits per heavy atom. The highest BCUT2D eigenvalue weighted by Gasteiger charge is 2.29. The highest BCUT2D eigenvalue weighted by atomic mass is 16.5. The zero-order valence-corrected chi connectivity index (χ0v) is 17.4. The van der Waals surface area contributed by atoms with Crippen molar-refractivity contribution in [3.63, 3.8) is 0 Å². The van der Waals surface area contributed by atoms with Gasteiger partial charge in [0.15, 0.2) is 0 Å². The molecule has 2 aromatic carbocycles. The molecule has 0 saturated carbocycles. The standard InChI is InChI=1S/C24H22N2O6/c1-26(12-10-21(27)28)23(29)22-20(11-13-31-22)25-24(30)32-14-19-17-8-4-2-6-15(17)16-7-3-5-9-18(16)19/h2-9,11,13,19H,10,12,14H2,1H3,(H,25,30)(H,27,28). The molecule has 0 spiro atoms. The van der Waals surface area contributed by atoms with Crippen molar-refractivity contribution < 1.29 is 28.6 Å². The van der Waals surface area contributed by atoms with E-state index in [1.165, 1.54) is 24.3 Å². The Kier molecular flexibility index (Phi) is 5.93. The lowest BCUT2D eigenvalue weighted by Gasteiger charge is -2.16. The number of rotatable bonds is 7. The van der Waals surface area contributed by atoms with Gasteiger partial charge in [-0.3, -0.25) is 14.9 Å². The third kappa shape index (κ3) is 4.20. The fraction of sp³-hybridized carbons (Fsp3) is 0.208. The number of carboxylic acid groups (broad SMARTS) is 1. The minimum absolute atomic E-state index is 0.0131. The van der Waals surface area contributed by atoms with Gasteiger partial charge in [0.05, 0.1) is 18.4 Å². The van der Waals surface area contributed by atoms with Crippen molar-refractivity contribution in [2.24, 2.45) is 0 Å². The highest BCUT2D eigenvalue weighted by molar-refractivity contribution is 6.00. The summed E-state index contributed by atoms with van der Waals surface area (Å²) in [5.41, 5.74) is 4.62. The van der Waals surface area contributed by atoms with Crippen LogP contribution in [-0.2, 0) is 9.53 Å². The van der Waals surface area contributed by atoms with Crippen LogP contribution in [-0.4, -0.2) is 48.2 Å². The second-order valence-corrected chi connectivity index (χ2v) is 7.48. The Morgan fingerprint density at radius 2 is 1.66 bits per heavy atom. The van der Waals surface area contributed by atoms with Crippen molar-refractivity contribution in [3.05, 3.63) is 77.7 Å². The topological polar surface area (TPSA) is 109 Å². The van der Waals surface area contributed by atoms with Gasteiger partial charge in [-0.25, -0.2) is 4.79 Å². The number of hydrogen-bond donors (Lipinski definition) is 2. The molecule has 0 fully saturated rings. The zero-order valence-electron chi connectivity index (χ0n) is 17.4. The maximum atomic E-state index is 12.5. The molecule has 1 aliphatic carbocycles. The molecule has 0 radical (unpaired) electrons. The van der Waals surface area contributed by atoms with Gasteiger partial charge in [0.2, 0.25) is 5.76 Å². The number of carboxylic acids is 1. The maximum Gasteiger partial charge on any atom is 0.411 e. The van der Waals surface area contributed by atoms with Crippen molar-refractivity contribution in [1.82, 2.24) is 4.90 Å². The number of furan rings is 1. The van der Waals surface area contributed by atoms with Crippen LogP contribution < -0.4 is 5.32 Å². The van der Waals surface area contributed by atoms with Gasteiger partial charge in [-0.15, -0.1) is 0 Å². The van der Waals surface area contributed by atoms with Gasteiger partial charge >= 0.3 is 12.1 Å². The quantitative estimate of drug-likeness (QED) is 0.577. The molecule has 4 rings (SSSR count). The maximum absolute atomic E-state index is 12.5. The molecular formula is C24H22N2O6. The summed E-state index contributed by atoms with van der Waals surface area (Å²) in [6.07, 6.45) is 0.366. The Bertz CT molecular complexity index is 1120. The molecule has 8 nitrogen and oxygen atoms in total. The van der Waals surface area contributed by atoms with Gasteiger partial charge in [0.25, 0.3) is 5.91 Å². The number of hydrogen-bond acceptors (Lipinski definition) is 5. The smallest absolute Gasteiger partial charge is 0.411 e. The van der Waals surface area contributed by atoms with Crippen molar-refractivity contribution in [1.29, 1.82) is 0 Å². The van der Waals surface area contributed by atoms with E-state index in [1.807, 2.05) is 36.4 Å². The normalized spacial score (nSPS) is 12.0. The molecule has 8 heteroatoms. The Hall–Kier alpha value is -4.07. The monoisotopic (exact) mass is 434 g/mol. The Labute approximate surface area is 184 Å². The molecule has 1 aromatic heterocycles. The highest BCUT2D eigenvalue weighted by Crippen LogP contribution is 2.44. The zero-order chi connectivity index (χ0) is 22.7. The molecule has 0 unspecified atom stereocenters. The van der Waals surface area contributed by atoms with Crippen LogP contribution in [0.25, 0.3) is 11.1 Å². The van der Waals surface area contributed by atoms with Crippen molar-refractivity contribution in [2.75, 3.05) is 25.5 Å². The van der Waals surface area contributed by atoms with Crippen LogP contribution in [0.15, 0.2) is 65.3 Å². The summed E-state index contributed by atoms with van der Waals surface area (Å²) in [7, 11) is 1.46. The Balaban J connectivity index is 1.41. The van der Waals surface area contributed by atoms with Crippen LogP contribution in [0.3, 0.4) is 0 Å². The lowest BCUT2D eigenvalue weighted by Crippen LogP contribution is -2.29. The van der Waals surface area contributed by atoms with Gasteiger partial charge in [-0.2, -0.15) is 0 Å². The number of fused-ring (bicyclic) bond motifs is 3. The number of nitrogens with zero attached hydrogens (tertiary/aromatic N) is 1. The molecule has 0 bridgehead atoms. The van der Waals surface area contributed by atoms with Crippen molar-refractivity contribution in [2.45, 2.75) is 12.3 Å². The molecule has 164 valence electrons. The van der Waals surface area contributed by atoms with Gasteiger partial charge in [0.1, 0.15) is 6.61 Å². The molecule has 0 aliphatic heterocycles. The molecular weight excluding hydrogens is 412 g/mol. The molecule has 1 heterocycles. The van der Waals surface area contributed by atoms with Crippen LogP contribution in [0, 0.1) is 0 Å². The second kappa shape index (κ2) is 8.97. The summed E-state index contributed by atoms with van der Waals surface area (Å²) in [4.78, 5) is 36.9. The van der Waals surface area contributed by atoms with Crippen molar-refractivity contribution in [3.8, 4) is 11.1 Å².